The highest BCUT2D eigenvalue weighted by Gasteiger charge is 2.26. The summed E-state index contributed by atoms with van der Waals surface area (Å²) in [5.41, 5.74) is 5.46. The van der Waals surface area contributed by atoms with Gasteiger partial charge in [-0.3, -0.25) is 0 Å². The van der Waals surface area contributed by atoms with E-state index in [1.807, 2.05) is 30.1 Å². The number of anilines is 5. The molecule has 1 heterocycles. The fourth-order valence-electron chi connectivity index (χ4n) is 3.83. The fraction of sp³-hybridized carbons (Fsp3) is 0.321. The molecule has 176 valence electrons. The quantitative estimate of drug-likeness (QED) is 0.404. The van der Waals surface area contributed by atoms with Crippen LogP contribution in [0.4, 0.5) is 29.2 Å². The Hall–Kier alpha value is -3.67. The van der Waals surface area contributed by atoms with Crippen LogP contribution in [0, 0.1) is 25.2 Å². The van der Waals surface area contributed by atoms with E-state index in [1.54, 1.807) is 0 Å². The molecule has 6 nitrogen and oxygen atoms in total. The van der Waals surface area contributed by atoms with Crippen molar-refractivity contribution in [2.45, 2.75) is 41.0 Å². The third-order valence-corrected chi connectivity index (χ3v) is 6.57. The SMILES string of the molecule is Cc1cccc(Nc2nc(NC3=CCC(C)(C(C)C)C=C3)nc(N(C)c3cccc(C)c3)n2)c1. The number of hydrogen-bond donors (Lipinski definition) is 2. The topological polar surface area (TPSA) is 66.0 Å². The van der Waals surface area contributed by atoms with Crippen LogP contribution in [0.2, 0.25) is 0 Å². The van der Waals surface area contributed by atoms with Crippen LogP contribution in [0.1, 0.15) is 38.3 Å². The highest BCUT2D eigenvalue weighted by molar-refractivity contribution is 5.62. The Kier molecular flexibility index (Phi) is 6.68. The van der Waals surface area contributed by atoms with E-state index in [0.717, 1.165) is 23.5 Å². The van der Waals surface area contributed by atoms with Gasteiger partial charge in [-0.1, -0.05) is 57.2 Å². The Bertz CT molecular complexity index is 1230. The Balaban J connectivity index is 1.66. The minimum Gasteiger partial charge on any atom is -0.324 e. The number of benzene rings is 2. The van der Waals surface area contributed by atoms with Gasteiger partial charge < -0.3 is 15.5 Å². The number of nitrogens with one attached hydrogen (secondary N) is 2. The van der Waals surface area contributed by atoms with Crippen molar-refractivity contribution in [2.24, 2.45) is 11.3 Å². The Morgan fingerprint density at radius 3 is 2.21 bits per heavy atom. The van der Waals surface area contributed by atoms with Gasteiger partial charge in [0, 0.05) is 24.1 Å². The van der Waals surface area contributed by atoms with E-state index in [-0.39, 0.29) is 5.41 Å². The van der Waals surface area contributed by atoms with Crippen LogP contribution in [-0.2, 0) is 0 Å². The average molecular weight is 455 g/mol. The number of rotatable bonds is 7. The molecule has 2 N–H and O–H groups in total. The molecule has 1 aromatic heterocycles. The molecule has 1 aliphatic rings. The minimum absolute atomic E-state index is 0.165. The van der Waals surface area contributed by atoms with Gasteiger partial charge in [-0.05, 0) is 73.1 Å². The van der Waals surface area contributed by atoms with E-state index in [9.17, 15) is 0 Å². The molecule has 3 aromatic rings. The van der Waals surface area contributed by atoms with E-state index >= 15 is 0 Å². The van der Waals surface area contributed by atoms with Crippen molar-refractivity contribution in [2.75, 3.05) is 22.6 Å². The van der Waals surface area contributed by atoms with Gasteiger partial charge in [-0.25, -0.2) is 0 Å². The second kappa shape index (κ2) is 9.67. The first-order chi connectivity index (χ1) is 16.2. The minimum atomic E-state index is 0.165. The number of hydrogen-bond acceptors (Lipinski definition) is 6. The van der Waals surface area contributed by atoms with Gasteiger partial charge in [0.25, 0.3) is 0 Å². The first-order valence-corrected chi connectivity index (χ1v) is 11.8. The van der Waals surface area contributed by atoms with Crippen LogP contribution >= 0.6 is 0 Å². The maximum atomic E-state index is 4.74. The predicted octanol–water partition coefficient (Wildman–Crippen LogP) is 6.92. The van der Waals surface area contributed by atoms with Crippen LogP contribution in [0.5, 0.6) is 0 Å². The molecule has 0 saturated heterocycles. The average Bonchev–Trinajstić information content (AvgIpc) is 2.80. The van der Waals surface area contributed by atoms with Crippen LogP contribution in [0.3, 0.4) is 0 Å². The maximum Gasteiger partial charge on any atom is 0.236 e. The van der Waals surface area contributed by atoms with Crippen molar-refractivity contribution in [3.05, 3.63) is 83.6 Å². The number of aryl methyl sites for hydroxylation is 2. The third-order valence-electron chi connectivity index (χ3n) is 6.57. The smallest absolute Gasteiger partial charge is 0.236 e. The molecule has 0 saturated carbocycles. The van der Waals surface area contributed by atoms with E-state index in [0.29, 0.717) is 23.8 Å². The van der Waals surface area contributed by atoms with Crippen molar-refractivity contribution in [3.63, 3.8) is 0 Å². The summed E-state index contributed by atoms with van der Waals surface area (Å²) >= 11 is 0. The summed E-state index contributed by atoms with van der Waals surface area (Å²) in [7, 11) is 1.97. The van der Waals surface area contributed by atoms with Crippen molar-refractivity contribution >= 4 is 29.2 Å². The second-order valence-corrected chi connectivity index (χ2v) is 9.66. The lowest BCUT2D eigenvalue weighted by atomic mass is 9.74. The van der Waals surface area contributed by atoms with Crippen LogP contribution in [0.15, 0.2) is 72.5 Å². The molecule has 1 atom stereocenters. The zero-order valence-corrected chi connectivity index (χ0v) is 20.9. The van der Waals surface area contributed by atoms with Crippen molar-refractivity contribution in [1.29, 1.82) is 0 Å². The molecule has 1 aliphatic carbocycles. The van der Waals surface area contributed by atoms with Gasteiger partial charge >= 0.3 is 0 Å². The van der Waals surface area contributed by atoms with Gasteiger partial charge in [-0.15, -0.1) is 0 Å². The summed E-state index contributed by atoms with van der Waals surface area (Å²) in [5.74, 6) is 2.12. The van der Waals surface area contributed by atoms with Crippen molar-refractivity contribution in [3.8, 4) is 0 Å². The summed E-state index contributed by atoms with van der Waals surface area (Å²) in [5, 5.41) is 6.74. The molecular formula is C28H34N6. The Labute approximate surface area is 202 Å². The van der Waals surface area contributed by atoms with Gasteiger partial charge in [-0.2, -0.15) is 15.0 Å². The number of allylic oxidation sites excluding steroid dienone is 3. The monoisotopic (exact) mass is 454 g/mol. The molecule has 0 aliphatic heterocycles. The molecular weight excluding hydrogens is 420 g/mol. The molecule has 2 aromatic carbocycles. The Morgan fingerprint density at radius 1 is 0.912 bits per heavy atom. The zero-order chi connectivity index (χ0) is 24.3. The molecule has 0 radical (unpaired) electrons. The lowest BCUT2D eigenvalue weighted by Crippen LogP contribution is -2.23. The lowest BCUT2D eigenvalue weighted by molar-refractivity contribution is 0.298. The first-order valence-electron chi connectivity index (χ1n) is 11.8. The molecule has 1 unspecified atom stereocenters. The largest absolute Gasteiger partial charge is 0.324 e. The van der Waals surface area contributed by atoms with E-state index < -0.39 is 0 Å². The maximum absolute atomic E-state index is 4.74. The molecule has 0 spiro atoms. The second-order valence-electron chi connectivity index (χ2n) is 9.66. The van der Waals surface area contributed by atoms with Crippen LogP contribution in [0.25, 0.3) is 0 Å². The molecule has 0 amide bonds. The normalized spacial score (nSPS) is 17.4. The van der Waals surface area contributed by atoms with Gasteiger partial charge in [0.1, 0.15) is 0 Å². The summed E-state index contributed by atoms with van der Waals surface area (Å²) in [4.78, 5) is 16.1. The highest BCUT2D eigenvalue weighted by atomic mass is 15.3. The third kappa shape index (κ3) is 5.45. The van der Waals surface area contributed by atoms with Crippen LogP contribution in [-0.4, -0.2) is 22.0 Å². The van der Waals surface area contributed by atoms with Gasteiger partial charge in [0.2, 0.25) is 17.8 Å². The molecule has 0 bridgehead atoms. The van der Waals surface area contributed by atoms with E-state index in [4.69, 9.17) is 9.97 Å². The molecule has 6 heteroatoms. The van der Waals surface area contributed by atoms with Crippen LogP contribution < -0.4 is 15.5 Å². The zero-order valence-electron chi connectivity index (χ0n) is 20.9. The molecule has 0 fully saturated rings. The highest BCUT2D eigenvalue weighted by Crippen LogP contribution is 2.36. The van der Waals surface area contributed by atoms with E-state index in [2.05, 4.69) is 98.8 Å². The Morgan fingerprint density at radius 2 is 1.59 bits per heavy atom. The van der Waals surface area contributed by atoms with Crippen molar-refractivity contribution in [1.82, 2.24) is 15.0 Å². The molecule has 34 heavy (non-hydrogen) atoms. The number of aromatic nitrogens is 3. The summed E-state index contributed by atoms with van der Waals surface area (Å²) in [6.07, 6.45) is 7.61. The van der Waals surface area contributed by atoms with Crippen molar-refractivity contribution < 1.29 is 0 Å². The lowest BCUT2D eigenvalue weighted by Gasteiger charge is -2.32. The van der Waals surface area contributed by atoms with E-state index in [1.165, 1.54) is 11.1 Å². The van der Waals surface area contributed by atoms with Gasteiger partial charge in [0.05, 0.1) is 0 Å². The molecule has 4 rings (SSSR count). The summed E-state index contributed by atoms with van der Waals surface area (Å²) in [6, 6.07) is 16.4. The summed E-state index contributed by atoms with van der Waals surface area (Å²) in [6.45, 7) is 11.0. The number of nitrogens with zero attached hydrogens (tertiary/aromatic N) is 4. The first kappa shape index (κ1) is 23.5. The van der Waals surface area contributed by atoms with Gasteiger partial charge in [0.15, 0.2) is 0 Å². The predicted molar refractivity (Wildman–Crippen MR) is 142 cm³/mol. The summed E-state index contributed by atoms with van der Waals surface area (Å²) < 4.78 is 0. The standard InChI is InChI=1S/C28H34N6/c1-19(2)28(5)15-13-22(14-16-28)29-25-31-26(30-23-11-7-9-20(3)17-23)33-27(32-25)34(6)24-12-8-10-21(4)18-24/h7-15,17-19H,16H2,1-6H3,(H2,29,30,31,32,33). The fourth-order valence-corrected chi connectivity index (χ4v) is 3.83.